The maximum absolute atomic E-state index is 14.0. The van der Waals surface area contributed by atoms with Gasteiger partial charge in [-0.2, -0.15) is 0 Å². The number of hydrogen-bond acceptors (Lipinski definition) is 8. The van der Waals surface area contributed by atoms with Crippen molar-refractivity contribution in [3.05, 3.63) is 0 Å². The zero-order valence-electron chi connectivity index (χ0n) is 31.0. The second-order valence-corrected chi connectivity index (χ2v) is 15.0. The third-order valence-electron chi connectivity index (χ3n) is 8.46. The van der Waals surface area contributed by atoms with E-state index in [9.17, 15) is 28.8 Å². The van der Waals surface area contributed by atoms with Gasteiger partial charge in [-0.05, 0) is 54.8 Å². The molecular formula is C35H62N4O8. The Morgan fingerprint density at radius 3 is 1.62 bits per heavy atom. The molecule has 0 spiro atoms. The maximum atomic E-state index is 14.0. The first-order valence-electron chi connectivity index (χ1n) is 17.3. The average molecular weight is 667 g/mol. The largest absolute Gasteiger partial charge is 0.451 e. The molecule has 0 radical (unpaired) electrons. The summed E-state index contributed by atoms with van der Waals surface area (Å²) in [4.78, 5) is 83.8. The molecule has 0 aromatic carbocycles. The number of likely N-dealkylation sites (N-methyl/N-ethyl adjacent to an activating group) is 1. The molecule has 1 rings (SSSR count). The molecule has 0 bridgehead atoms. The predicted molar refractivity (Wildman–Crippen MR) is 180 cm³/mol. The number of nitrogens with one attached hydrogen (secondary N) is 3. The summed E-state index contributed by atoms with van der Waals surface area (Å²) in [5, 5.41) is 8.33. The molecule has 1 aliphatic heterocycles. The van der Waals surface area contributed by atoms with E-state index in [1.807, 2.05) is 48.5 Å². The molecule has 0 aliphatic carbocycles. The van der Waals surface area contributed by atoms with Crippen LogP contribution >= 0.6 is 0 Å². The Labute approximate surface area is 282 Å². The van der Waals surface area contributed by atoms with Crippen LogP contribution in [0.25, 0.3) is 0 Å². The van der Waals surface area contributed by atoms with Gasteiger partial charge < -0.3 is 30.3 Å². The second kappa shape index (κ2) is 19.0. The van der Waals surface area contributed by atoms with Crippen LogP contribution in [-0.2, 0) is 38.2 Å². The van der Waals surface area contributed by atoms with Crippen molar-refractivity contribution in [2.75, 3.05) is 7.05 Å². The van der Waals surface area contributed by atoms with Gasteiger partial charge in [0.05, 0.1) is 0 Å². The molecule has 0 aromatic heterocycles. The number of ether oxygens (including phenoxy) is 2. The standard InChI is InChI=1S/C35H62N4O8/c1-14-23(12)28-31(41)36-24(15-18(2)3)34(44)46-26(17-20(6)7)30(40)37-27(21(8)9)33(43)39(13)25(16-19(4)5)35(45)47-29(22(10)11)32(42)38-28/h18-29H,14-17H2,1-13H3,(H,36,41)(H,37,40)(H,38,42). The molecule has 3 N–H and O–H groups in total. The summed E-state index contributed by atoms with van der Waals surface area (Å²) in [6, 6.07) is -4.25. The molecule has 0 saturated carbocycles. The van der Waals surface area contributed by atoms with Crippen LogP contribution < -0.4 is 16.0 Å². The van der Waals surface area contributed by atoms with Gasteiger partial charge in [-0.15, -0.1) is 0 Å². The van der Waals surface area contributed by atoms with Crippen molar-refractivity contribution < 1.29 is 38.2 Å². The first-order valence-corrected chi connectivity index (χ1v) is 17.3. The highest BCUT2D eigenvalue weighted by molar-refractivity contribution is 5.95. The highest BCUT2D eigenvalue weighted by Crippen LogP contribution is 2.21. The molecule has 12 nitrogen and oxygen atoms in total. The van der Waals surface area contributed by atoms with Crippen molar-refractivity contribution >= 4 is 35.6 Å². The Kier molecular flexibility index (Phi) is 16.9. The lowest BCUT2D eigenvalue weighted by atomic mass is 9.95. The van der Waals surface area contributed by atoms with Crippen LogP contribution in [-0.4, -0.2) is 83.9 Å². The number of cyclic esters (lactones) is 2. The van der Waals surface area contributed by atoms with Crippen molar-refractivity contribution in [1.29, 1.82) is 0 Å². The molecule has 1 fully saturated rings. The molecule has 12 heteroatoms. The molecule has 270 valence electrons. The van der Waals surface area contributed by atoms with Gasteiger partial charge in [0.2, 0.25) is 11.8 Å². The van der Waals surface area contributed by atoms with Gasteiger partial charge in [-0.3, -0.25) is 19.2 Å². The molecule has 0 aromatic rings. The third-order valence-corrected chi connectivity index (χ3v) is 8.46. The fourth-order valence-corrected chi connectivity index (χ4v) is 5.43. The Balaban J connectivity index is 3.84. The lowest BCUT2D eigenvalue weighted by molar-refractivity contribution is -0.167. The van der Waals surface area contributed by atoms with Crippen LogP contribution in [0.15, 0.2) is 0 Å². The van der Waals surface area contributed by atoms with Crippen LogP contribution in [0.1, 0.15) is 109 Å². The lowest BCUT2D eigenvalue weighted by Gasteiger charge is -2.35. The molecule has 7 atom stereocenters. The minimum Gasteiger partial charge on any atom is -0.451 e. The second-order valence-electron chi connectivity index (χ2n) is 15.0. The van der Waals surface area contributed by atoms with Crippen LogP contribution in [0.3, 0.4) is 0 Å². The Morgan fingerprint density at radius 2 is 1.15 bits per heavy atom. The van der Waals surface area contributed by atoms with E-state index in [4.69, 9.17) is 9.47 Å². The SMILES string of the molecule is CCC(C)C1NC(=O)C(C(C)C)OC(=O)C(CC(C)C)N(C)C(=O)C(C(C)C)NC(=O)C(CC(C)C)OC(=O)C(CC(C)C)NC1=O. The average Bonchev–Trinajstić information content (AvgIpc) is 2.96. The summed E-state index contributed by atoms with van der Waals surface area (Å²) in [6.45, 7) is 22.0. The Morgan fingerprint density at radius 1 is 0.617 bits per heavy atom. The predicted octanol–water partition coefficient (Wildman–Crippen LogP) is 3.60. The van der Waals surface area contributed by atoms with Gasteiger partial charge in [0.25, 0.3) is 11.8 Å². The van der Waals surface area contributed by atoms with E-state index in [-0.39, 0.29) is 48.9 Å². The van der Waals surface area contributed by atoms with Gasteiger partial charge >= 0.3 is 11.9 Å². The smallest absolute Gasteiger partial charge is 0.329 e. The molecule has 47 heavy (non-hydrogen) atoms. The Hall–Kier alpha value is -3.18. The normalized spacial score (nSPS) is 27.0. The van der Waals surface area contributed by atoms with Gasteiger partial charge in [0.15, 0.2) is 12.2 Å². The van der Waals surface area contributed by atoms with Gasteiger partial charge in [-0.25, -0.2) is 9.59 Å². The molecular weight excluding hydrogens is 604 g/mol. The minimum absolute atomic E-state index is 0.0221. The molecule has 1 heterocycles. The number of amides is 4. The van der Waals surface area contributed by atoms with E-state index >= 15 is 0 Å². The first kappa shape index (κ1) is 41.8. The third kappa shape index (κ3) is 12.7. The van der Waals surface area contributed by atoms with Gasteiger partial charge in [-0.1, -0.05) is 89.5 Å². The minimum atomic E-state index is -1.26. The van der Waals surface area contributed by atoms with E-state index in [1.165, 1.54) is 11.9 Å². The number of rotatable bonds is 10. The maximum Gasteiger partial charge on any atom is 0.329 e. The number of nitrogens with zero attached hydrogens (tertiary/aromatic N) is 1. The molecule has 1 aliphatic rings. The fourth-order valence-electron chi connectivity index (χ4n) is 5.43. The van der Waals surface area contributed by atoms with Crippen LogP contribution in [0.2, 0.25) is 0 Å². The quantitative estimate of drug-likeness (QED) is 0.298. The summed E-state index contributed by atoms with van der Waals surface area (Å²) in [6.07, 6.45) is -1.31. The number of carbonyl (C=O) groups is 6. The van der Waals surface area contributed by atoms with Gasteiger partial charge in [0, 0.05) is 7.05 Å². The van der Waals surface area contributed by atoms with Crippen LogP contribution in [0.5, 0.6) is 0 Å². The topological polar surface area (TPSA) is 160 Å². The zero-order valence-corrected chi connectivity index (χ0v) is 31.0. The lowest BCUT2D eigenvalue weighted by Crippen LogP contribution is -2.59. The van der Waals surface area contributed by atoms with E-state index in [0.29, 0.717) is 6.42 Å². The first-order chi connectivity index (χ1) is 21.7. The summed E-state index contributed by atoms with van der Waals surface area (Å²) < 4.78 is 11.6. The molecule has 7 unspecified atom stereocenters. The molecule has 1 saturated heterocycles. The van der Waals surface area contributed by atoms with Crippen molar-refractivity contribution in [3.8, 4) is 0 Å². The van der Waals surface area contributed by atoms with E-state index < -0.39 is 77.9 Å². The highest BCUT2D eigenvalue weighted by atomic mass is 16.6. The number of esters is 2. The number of hydrogen-bond donors (Lipinski definition) is 3. The van der Waals surface area contributed by atoms with Crippen molar-refractivity contribution in [3.63, 3.8) is 0 Å². The summed E-state index contributed by atoms with van der Waals surface area (Å²) >= 11 is 0. The summed E-state index contributed by atoms with van der Waals surface area (Å²) in [5.41, 5.74) is 0. The van der Waals surface area contributed by atoms with Crippen molar-refractivity contribution in [2.24, 2.45) is 35.5 Å². The van der Waals surface area contributed by atoms with E-state index in [1.54, 1.807) is 34.6 Å². The number of carbonyl (C=O) groups excluding carboxylic acids is 6. The zero-order chi connectivity index (χ0) is 36.3. The molecule has 4 amide bonds. The summed E-state index contributed by atoms with van der Waals surface area (Å²) in [7, 11) is 1.48. The highest BCUT2D eigenvalue weighted by Gasteiger charge is 2.40. The van der Waals surface area contributed by atoms with E-state index in [0.717, 1.165) is 0 Å². The Bertz CT molecular complexity index is 1090. The van der Waals surface area contributed by atoms with Crippen molar-refractivity contribution in [2.45, 2.75) is 145 Å². The van der Waals surface area contributed by atoms with Crippen LogP contribution in [0, 0.1) is 35.5 Å². The van der Waals surface area contributed by atoms with E-state index in [2.05, 4.69) is 16.0 Å². The summed E-state index contributed by atoms with van der Waals surface area (Å²) in [5.74, 6) is -5.21. The van der Waals surface area contributed by atoms with Crippen LogP contribution in [0.4, 0.5) is 0 Å². The van der Waals surface area contributed by atoms with Crippen molar-refractivity contribution in [1.82, 2.24) is 20.9 Å². The monoisotopic (exact) mass is 666 g/mol. The fraction of sp³-hybridized carbons (Fsp3) is 0.829. The van der Waals surface area contributed by atoms with Gasteiger partial charge in [0.1, 0.15) is 24.2 Å².